The number of ether oxygens (including phenoxy) is 1. The first-order valence-electron chi connectivity index (χ1n) is 7.53. The molecule has 1 aromatic rings. The van der Waals surface area contributed by atoms with Crippen molar-refractivity contribution in [3.05, 3.63) is 28.2 Å². The zero-order valence-electron chi connectivity index (χ0n) is 13.7. The van der Waals surface area contributed by atoms with Gasteiger partial charge in [0.05, 0.1) is 12.6 Å². The van der Waals surface area contributed by atoms with Crippen molar-refractivity contribution in [1.82, 2.24) is 4.90 Å². The van der Waals surface area contributed by atoms with E-state index >= 15 is 0 Å². The Balaban J connectivity index is 3.03. The smallest absolute Gasteiger partial charge is 0.157 e. The van der Waals surface area contributed by atoms with Gasteiger partial charge in [0.25, 0.3) is 0 Å². The van der Waals surface area contributed by atoms with Crippen molar-refractivity contribution in [3.8, 4) is 5.75 Å². The standard InChI is InChI=1S/C17H26BrNO2/c1-6-17(4,19(7-2)8-3)16(20)12-13-11-14(21-5)9-10-15(13)18/h9-11H,6-8,12H2,1-5H3. The van der Waals surface area contributed by atoms with Crippen LogP contribution in [0.2, 0.25) is 0 Å². The van der Waals surface area contributed by atoms with Crippen molar-refractivity contribution in [2.45, 2.75) is 46.1 Å². The molecule has 1 rings (SSSR count). The summed E-state index contributed by atoms with van der Waals surface area (Å²) in [5.41, 5.74) is 0.567. The fourth-order valence-corrected chi connectivity index (χ4v) is 3.08. The summed E-state index contributed by atoms with van der Waals surface area (Å²) in [6, 6.07) is 5.75. The number of halogens is 1. The number of benzene rings is 1. The predicted octanol–water partition coefficient (Wildman–Crippen LogP) is 4.08. The highest BCUT2D eigenvalue weighted by Gasteiger charge is 2.35. The topological polar surface area (TPSA) is 29.5 Å². The number of likely N-dealkylation sites (N-methyl/N-ethyl adjacent to an activating group) is 1. The number of nitrogens with zero attached hydrogens (tertiary/aromatic N) is 1. The molecule has 0 saturated heterocycles. The Morgan fingerprint density at radius 2 is 1.90 bits per heavy atom. The van der Waals surface area contributed by atoms with Gasteiger partial charge in [0.1, 0.15) is 5.75 Å². The molecule has 118 valence electrons. The third-order valence-electron chi connectivity index (χ3n) is 4.35. The predicted molar refractivity (Wildman–Crippen MR) is 91.0 cm³/mol. The number of hydrogen-bond donors (Lipinski definition) is 0. The minimum Gasteiger partial charge on any atom is -0.497 e. The van der Waals surface area contributed by atoms with E-state index in [2.05, 4.69) is 48.5 Å². The minimum absolute atomic E-state index is 0.252. The second kappa shape index (κ2) is 7.95. The summed E-state index contributed by atoms with van der Waals surface area (Å²) in [5.74, 6) is 1.03. The van der Waals surface area contributed by atoms with Crippen LogP contribution in [0.5, 0.6) is 5.75 Å². The Labute approximate surface area is 136 Å². The van der Waals surface area contributed by atoms with Crippen molar-refractivity contribution in [3.63, 3.8) is 0 Å². The highest BCUT2D eigenvalue weighted by Crippen LogP contribution is 2.27. The van der Waals surface area contributed by atoms with Crippen LogP contribution in [0.3, 0.4) is 0 Å². The highest BCUT2D eigenvalue weighted by atomic mass is 79.9. The monoisotopic (exact) mass is 355 g/mol. The van der Waals surface area contributed by atoms with E-state index in [-0.39, 0.29) is 5.78 Å². The van der Waals surface area contributed by atoms with Crippen LogP contribution in [0.15, 0.2) is 22.7 Å². The van der Waals surface area contributed by atoms with Gasteiger partial charge in [-0.3, -0.25) is 9.69 Å². The summed E-state index contributed by atoms with van der Waals surface area (Å²) in [7, 11) is 1.64. The van der Waals surface area contributed by atoms with Crippen LogP contribution in [0.4, 0.5) is 0 Å². The molecule has 0 radical (unpaired) electrons. The molecular weight excluding hydrogens is 330 g/mol. The summed E-state index contributed by atoms with van der Waals surface area (Å²) < 4.78 is 6.20. The van der Waals surface area contributed by atoms with E-state index in [1.54, 1.807) is 7.11 Å². The molecule has 0 saturated carbocycles. The summed E-state index contributed by atoms with van der Waals surface area (Å²) in [6.45, 7) is 10.1. The second-order valence-electron chi connectivity index (χ2n) is 5.36. The number of carbonyl (C=O) groups excluding carboxylic acids is 1. The van der Waals surface area contributed by atoms with Crippen molar-refractivity contribution < 1.29 is 9.53 Å². The van der Waals surface area contributed by atoms with E-state index in [4.69, 9.17) is 4.74 Å². The lowest BCUT2D eigenvalue weighted by Gasteiger charge is -2.38. The molecule has 0 aliphatic carbocycles. The lowest BCUT2D eigenvalue weighted by Crippen LogP contribution is -2.52. The van der Waals surface area contributed by atoms with Gasteiger partial charge in [-0.25, -0.2) is 0 Å². The average molecular weight is 356 g/mol. The van der Waals surface area contributed by atoms with Gasteiger partial charge in [-0.05, 0) is 50.2 Å². The van der Waals surface area contributed by atoms with Gasteiger partial charge in [0, 0.05) is 10.9 Å². The number of methoxy groups -OCH3 is 1. The summed E-state index contributed by atoms with van der Waals surface area (Å²) >= 11 is 3.53. The molecule has 4 heteroatoms. The Morgan fingerprint density at radius 1 is 1.29 bits per heavy atom. The minimum atomic E-state index is -0.411. The van der Waals surface area contributed by atoms with Crippen molar-refractivity contribution in [2.75, 3.05) is 20.2 Å². The molecule has 0 bridgehead atoms. The Morgan fingerprint density at radius 3 is 2.38 bits per heavy atom. The SMILES string of the molecule is CCN(CC)C(C)(CC)C(=O)Cc1cc(OC)ccc1Br. The van der Waals surface area contributed by atoms with Crippen LogP contribution in [0.1, 0.15) is 39.7 Å². The first-order valence-corrected chi connectivity index (χ1v) is 8.32. The Bertz CT molecular complexity index is 486. The van der Waals surface area contributed by atoms with Crippen LogP contribution in [-0.2, 0) is 11.2 Å². The third-order valence-corrected chi connectivity index (χ3v) is 5.13. The first-order chi connectivity index (χ1) is 9.92. The molecule has 0 amide bonds. The number of carbonyl (C=O) groups is 1. The first kappa shape index (κ1) is 18.2. The average Bonchev–Trinajstić information content (AvgIpc) is 2.50. The van der Waals surface area contributed by atoms with Crippen LogP contribution in [0.25, 0.3) is 0 Å². The van der Waals surface area contributed by atoms with Crippen LogP contribution in [-0.4, -0.2) is 36.4 Å². The molecule has 21 heavy (non-hydrogen) atoms. The van der Waals surface area contributed by atoms with Gasteiger partial charge < -0.3 is 4.74 Å². The van der Waals surface area contributed by atoms with Crippen molar-refractivity contribution in [2.24, 2.45) is 0 Å². The van der Waals surface area contributed by atoms with E-state index in [1.807, 2.05) is 18.2 Å². The molecule has 3 nitrogen and oxygen atoms in total. The summed E-state index contributed by atoms with van der Waals surface area (Å²) in [4.78, 5) is 15.1. The Kier molecular flexibility index (Phi) is 6.88. The molecule has 0 spiro atoms. The zero-order valence-corrected chi connectivity index (χ0v) is 15.3. The quantitative estimate of drug-likeness (QED) is 0.703. The number of rotatable bonds is 8. The molecule has 0 N–H and O–H groups in total. The largest absolute Gasteiger partial charge is 0.497 e. The molecule has 0 aliphatic rings. The summed E-state index contributed by atoms with van der Waals surface area (Å²) in [6.07, 6.45) is 1.23. The van der Waals surface area contributed by atoms with Gasteiger partial charge in [-0.2, -0.15) is 0 Å². The normalized spacial score (nSPS) is 14.0. The maximum atomic E-state index is 12.9. The van der Waals surface area contributed by atoms with Crippen molar-refractivity contribution in [1.29, 1.82) is 0 Å². The molecule has 0 aromatic heterocycles. The molecule has 1 aromatic carbocycles. The van der Waals surface area contributed by atoms with Gasteiger partial charge in [0.2, 0.25) is 0 Å². The molecule has 0 fully saturated rings. The van der Waals surface area contributed by atoms with Crippen molar-refractivity contribution >= 4 is 21.7 Å². The lowest BCUT2D eigenvalue weighted by atomic mass is 9.87. The van der Waals surface area contributed by atoms with Gasteiger partial charge in [-0.15, -0.1) is 0 Å². The van der Waals surface area contributed by atoms with Gasteiger partial charge in [-0.1, -0.05) is 36.7 Å². The fourth-order valence-electron chi connectivity index (χ4n) is 2.70. The van der Waals surface area contributed by atoms with E-state index in [1.165, 1.54) is 0 Å². The summed E-state index contributed by atoms with van der Waals surface area (Å²) in [5, 5.41) is 0. The number of ketones is 1. The second-order valence-corrected chi connectivity index (χ2v) is 6.21. The maximum Gasteiger partial charge on any atom is 0.157 e. The zero-order chi connectivity index (χ0) is 16.0. The lowest BCUT2D eigenvalue weighted by molar-refractivity contribution is -0.129. The van der Waals surface area contributed by atoms with Crippen LogP contribution >= 0.6 is 15.9 Å². The van der Waals surface area contributed by atoms with E-state index < -0.39 is 5.54 Å². The Hall–Kier alpha value is -0.870. The maximum absolute atomic E-state index is 12.9. The highest BCUT2D eigenvalue weighted by molar-refractivity contribution is 9.10. The van der Waals surface area contributed by atoms with E-state index in [0.29, 0.717) is 6.42 Å². The van der Waals surface area contributed by atoms with Crippen LogP contribution in [0, 0.1) is 0 Å². The third kappa shape index (κ3) is 4.07. The van der Waals surface area contributed by atoms with E-state index in [0.717, 1.165) is 35.3 Å². The molecule has 0 aliphatic heterocycles. The molecule has 1 unspecified atom stereocenters. The molecular formula is C17H26BrNO2. The van der Waals surface area contributed by atoms with Crippen LogP contribution < -0.4 is 4.74 Å². The van der Waals surface area contributed by atoms with Gasteiger partial charge in [0.15, 0.2) is 5.78 Å². The van der Waals surface area contributed by atoms with Gasteiger partial charge >= 0.3 is 0 Å². The molecule has 1 atom stereocenters. The fraction of sp³-hybridized carbons (Fsp3) is 0.588. The number of Topliss-reactive ketones (excluding diaryl/α,β-unsaturated/α-hetero) is 1. The number of hydrogen-bond acceptors (Lipinski definition) is 3. The molecule has 0 heterocycles. The van der Waals surface area contributed by atoms with E-state index in [9.17, 15) is 4.79 Å².